The van der Waals surface area contributed by atoms with E-state index in [2.05, 4.69) is 14.7 Å². The van der Waals surface area contributed by atoms with Crippen molar-refractivity contribution >= 4 is 19.2 Å². The highest BCUT2D eigenvalue weighted by molar-refractivity contribution is 7.46. The van der Waals surface area contributed by atoms with E-state index < -0.39 is 31.7 Å². The van der Waals surface area contributed by atoms with Crippen LogP contribution in [0.25, 0.3) is 10.6 Å². The summed E-state index contributed by atoms with van der Waals surface area (Å²) >= 11 is 0.905. The Morgan fingerprint density at radius 1 is 1.06 bits per heavy atom. The summed E-state index contributed by atoms with van der Waals surface area (Å²) in [5.41, 5.74) is 5.06. The van der Waals surface area contributed by atoms with Crippen molar-refractivity contribution in [1.29, 1.82) is 0 Å². The number of benzene rings is 2. The van der Waals surface area contributed by atoms with E-state index in [9.17, 15) is 17.7 Å². The number of phosphoric ester groups is 1. The van der Waals surface area contributed by atoms with Crippen LogP contribution < -0.4 is 10.5 Å². The third-order valence-corrected chi connectivity index (χ3v) is 6.91. The van der Waals surface area contributed by atoms with Gasteiger partial charge in [0.25, 0.3) is 0 Å². The SMILES string of the molecule is C[C@@](N)(COP(=O)(O)O)c1nnc(-c2ccc(OCCCCCc3ccccc3)c(C(F)(F)F)c2)s1. The third kappa shape index (κ3) is 8.36. The Bertz CT molecular complexity index is 1190. The number of unbranched alkanes of at least 4 members (excludes halogenated alkanes) is 2. The number of hydrogen-bond acceptors (Lipinski definition) is 7. The molecule has 0 bridgehead atoms. The van der Waals surface area contributed by atoms with Crippen LogP contribution in [0.1, 0.15) is 42.3 Å². The Hall–Kier alpha value is -2.34. The van der Waals surface area contributed by atoms with Crippen LogP contribution in [0, 0.1) is 0 Å². The van der Waals surface area contributed by atoms with Gasteiger partial charge in [-0.05, 0) is 56.4 Å². The summed E-state index contributed by atoms with van der Waals surface area (Å²) in [6.07, 6.45) is -1.38. The van der Waals surface area contributed by atoms with Gasteiger partial charge in [0.2, 0.25) is 0 Å². The molecule has 1 aromatic heterocycles. The maximum atomic E-state index is 13.7. The van der Waals surface area contributed by atoms with Crippen molar-refractivity contribution in [1.82, 2.24) is 10.2 Å². The van der Waals surface area contributed by atoms with Crippen molar-refractivity contribution < 1.29 is 36.8 Å². The molecular formula is C23H27F3N3O5PS. The van der Waals surface area contributed by atoms with Crippen molar-refractivity contribution in [3.8, 4) is 16.3 Å². The van der Waals surface area contributed by atoms with Crippen LogP contribution in [-0.2, 0) is 27.2 Å². The lowest BCUT2D eigenvalue weighted by molar-refractivity contribution is -0.138. The maximum Gasteiger partial charge on any atom is 0.469 e. The fourth-order valence-electron chi connectivity index (χ4n) is 3.30. The molecule has 8 nitrogen and oxygen atoms in total. The monoisotopic (exact) mass is 545 g/mol. The minimum Gasteiger partial charge on any atom is -0.493 e. The second-order valence-electron chi connectivity index (χ2n) is 8.45. The second-order valence-corrected chi connectivity index (χ2v) is 10.7. The molecule has 0 saturated heterocycles. The number of phosphoric acid groups is 1. The molecule has 0 aliphatic heterocycles. The lowest BCUT2D eigenvalue weighted by atomic mass is 10.1. The van der Waals surface area contributed by atoms with Gasteiger partial charge in [0.15, 0.2) is 0 Å². The zero-order chi connectivity index (χ0) is 26.4. The Kier molecular flexibility index (Phi) is 9.26. The number of hydrogen-bond donors (Lipinski definition) is 3. The van der Waals surface area contributed by atoms with Gasteiger partial charge in [-0.15, -0.1) is 10.2 Å². The summed E-state index contributed by atoms with van der Waals surface area (Å²) in [4.78, 5) is 17.8. The number of halogens is 3. The van der Waals surface area contributed by atoms with Gasteiger partial charge in [-0.25, -0.2) is 4.57 Å². The summed E-state index contributed by atoms with van der Waals surface area (Å²) in [6.45, 7) is 1.02. The maximum absolute atomic E-state index is 13.7. The summed E-state index contributed by atoms with van der Waals surface area (Å²) in [6, 6.07) is 13.6. The normalized spacial score (nSPS) is 14.0. The minimum absolute atomic E-state index is 0.148. The highest BCUT2D eigenvalue weighted by Gasteiger charge is 2.35. The van der Waals surface area contributed by atoms with Gasteiger partial charge in [-0.1, -0.05) is 41.7 Å². The molecule has 1 heterocycles. The zero-order valence-corrected chi connectivity index (χ0v) is 21.2. The molecular weight excluding hydrogens is 518 g/mol. The average molecular weight is 546 g/mol. The zero-order valence-electron chi connectivity index (χ0n) is 19.4. The second kappa shape index (κ2) is 11.8. The Morgan fingerprint density at radius 3 is 2.44 bits per heavy atom. The van der Waals surface area contributed by atoms with Crippen LogP contribution in [0.2, 0.25) is 0 Å². The van der Waals surface area contributed by atoms with Gasteiger partial charge < -0.3 is 20.3 Å². The van der Waals surface area contributed by atoms with E-state index in [1.807, 2.05) is 30.3 Å². The highest BCUT2D eigenvalue weighted by Crippen LogP contribution is 2.41. The summed E-state index contributed by atoms with van der Waals surface area (Å²) in [5, 5.41) is 8.09. The topological polar surface area (TPSA) is 128 Å². The standard InChI is InChI=1S/C23H27F3N3O5PS/c1-22(27,15-34-35(30,31)32)21-29-28-20(36-21)17-11-12-19(18(14-17)23(24,25)26)33-13-7-3-6-10-16-8-4-2-5-9-16/h2,4-5,8-9,11-12,14H,3,6-7,10,13,15,27H2,1H3,(H2,30,31,32)/t22-/m1/s1. The van der Waals surface area contributed by atoms with Gasteiger partial charge in [0.05, 0.1) is 24.3 Å². The number of rotatable bonds is 12. The molecule has 0 unspecified atom stereocenters. The molecule has 196 valence electrons. The number of alkyl halides is 3. The van der Waals surface area contributed by atoms with Gasteiger partial charge in [0, 0.05) is 5.56 Å². The molecule has 36 heavy (non-hydrogen) atoms. The van der Waals surface area contributed by atoms with E-state index in [4.69, 9.17) is 20.3 Å². The molecule has 0 spiro atoms. The molecule has 3 aromatic rings. The molecule has 0 aliphatic rings. The van der Waals surface area contributed by atoms with Crippen LogP contribution in [0.5, 0.6) is 5.75 Å². The van der Waals surface area contributed by atoms with Gasteiger partial charge in [-0.3, -0.25) is 4.52 Å². The van der Waals surface area contributed by atoms with E-state index >= 15 is 0 Å². The predicted octanol–water partition coefficient (Wildman–Crippen LogP) is 5.30. The van der Waals surface area contributed by atoms with Crippen molar-refractivity contribution in [2.45, 2.75) is 44.3 Å². The smallest absolute Gasteiger partial charge is 0.469 e. The Morgan fingerprint density at radius 2 is 1.78 bits per heavy atom. The number of nitrogens with zero attached hydrogens (tertiary/aromatic N) is 2. The van der Waals surface area contributed by atoms with Crippen molar-refractivity contribution in [3.63, 3.8) is 0 Å². The van der Waals surface area contributed by atoms with E-state index in [1.54, 1.807) is 0 Å². The van der Waals surface area contributed by atoms with Crippen LogP contribution in [-0.4, -0.2) is 33.2 Å². The van der Waals surface area contributed by atoms with Crippen molar-refractivity contribution in [2.24, 2.45) is 5.73 Å². The first-order chi connectivity index (χ1) is 16.9. The van der Waals surface area contributed by atoms with E-state index in [0.29, 0.717) is 6.42 Å². The molecule has 0 radical (unpaired) electrons. The highest BCUT2D eigenvalue weighted by atomic mass is 32.1. The van der Waals surface area contributed by atoms with Gasteiger partial charge >= 0.3 is 14.0 Å². The van der Waals surface area contributed by atoms with Crippen LogP contribution in [0.15, 0.2) is 48.5 Å². The lowest BCUT2D eigenvalue weighted by Crippen LogP contribution is -2.37. The fourth-order valence-corrected chi connectivity index (χ4v) is 4.62. The minimum atomic E-state index is -4.76. The lowest BCUT2D eigenvalue weighted by Gasteiger charge is -2.21. The molecule has 0 amide bonds. The molecule has 2 aromatic carbocycles. The van der Waals surface area contributed by atoms with Crippen LogP contribution >= 0.6 is 19.2 Å². The van der Waals surface area contributed by atoms with E-state index in [-0.39, 0.29) is 27.9 Å². The average Bonchev–Trinajstić information content (AvgIpc) is 3.31. The van der Waals surface area contributed by atoms with Gasteiger partial charge in [0.1, 0.15) is 15.8 Å². The predicted molar refractivity (Wildman–Crippen MR) is 129 cm³/mol. The number of ether oxygens (including phenoxy) is 1. The van der Waals surface area contributed by atoms with Crippen LogP contribution in [0.3, 0.4) is 0 Å². The Balaban J connectivity index is 1.64. The largest absolute Gasteiger partial charge is 0.493 e. The molecule has 3 rings (SSSR count). The summed E-state index contributed by atoms with van der Waals surface area (Å²) in [5.74, 6) is -0.266. The van der Waals surface area contributed by atoms with Gasteiger partial charge in [-0.2, -0.15) is 13.2 Å². The first-order valence-electron chi connectivity index (χ1n) is 11.1. The van der Waals surface area contributed by atoms with Crippen molar-refractivity contribution in [2.75, 3.05) is 13.2 Å². The molecule has 4 N–H and O–H groups in total. The number of nitrogens with two attached hydrogens (primary N) is 1. The molecule has 13 heteroatoms. The van der Waals surface area contributed by atoms with E-state index in [0.717, 1.165) is 36.7 Å². The summed E-state index contributed by atoms with van der Waals surface area (Å²) in [7, 11) is -4.76. The third-order valence-electron chi connectivity index (χ3n) is 5.19. The molecule has 0 aliphatic carbocycles. The van der Waals surface area contributed by atoms with Crippen molar-refractivity contribution in [3.05, 3.63) is 64.7 Å². The van der Waals surface area contributed by atoms with Crippen LogP contribution in [0.4, 0.5) is 13.2 Å². The molecule has 1 atom stereocenters. The first kappa shape index (κ1) is 28.2. The van der Waals surface area contributed by atoms with E-state index in [1.165, 1.54) is 24.6 Å². The first-order valence-corrected chi connectivity index (χ1v) is 13.4. The quantitative estimate of drug-likeness (QED) is 0.207. The summed E-state index contributed by atoms with van der Waals surface area (Å²) < 4.78 is 62.1. The number of aryl methyl sites for hydroxylation is 1. The Labute approximate surface area is 210 Å². The number of aromatic nitrogens is 2. The molecule has 0 fully saturated rings. The fraction of sp³-hybridized carbons (Fsp3) is 0.391. The molecule has 0 saturated carbocycles.